The highest BCUT2D eigenvalue weighted by Gasteiger charge is 2.17. The van der Waals surface area contributed by atoms with Gasteiger partial charge >= 0.3 is 0 Å². The fraction of sp³-hybridized carbons (Fsp3) is 0.111. The van der Waals surface area contributed by atoms with Gasteiger partial charge in [0.15, 0.2) is 17.4 Å². The van der Waals surface area contributed by atoms with E-state index >= 15 is 0 Å². The summed E-state index contributed by atoms with van der Waals surface area (Å²) in [6.45, 7) is 13.8. The molecular weight excluding hydrogens is 448 g/mol. The van der Waals surface area contributed by atoms with Gasteiger partial charge in [0.1, 0.15) is 18.1 Å². The van der Waals surface area contributed by atoms with Crippen LogP contribution in [0.25, 0.3) is 11.1 Å². The lowest BCUT2D eigenvalue weighted by molar-refractivity contribution is 0.281. The molecule has 0 spiro atoms. The van der Waals surface area contributed by atoms with Crippen molar-refractivity contribution in [2.75, 3.05) is 20.8 Å². The summed E-state index contributed by atoms with van der Waals surface area (Å²) < 4.78 is 71.9. The van der Waals surface area contributed by atoms with E-state index in [0.717, 1.165) is 7.11 Å². The van der Waals surface area contributed by atoms with Crippen LogP contribution in [-0.2, 0) is 4.74 Å². The molecule has 0 saturated carbocycles. The average molecular weight is 472 g/mol. The Labute approximate surface area is 196 Å². The number of allylic oxidation sites excluding steroid dienone is 5. The summed E-state index contributed by atoms with van der Waals surface area (Å²) in [4.78, 5) is 0. The van der Waals surface area contributed by atoms with Crippen LogP contribution in [0.15, 0.2) is 109 Å². The number of hydrogen-bond donors (Lipinski definition) is 0. The van der Waals surface area contributed by atoms with E-state index in [0.29, 0.717) is 16.9 Å². The summed E-state index contributed by atoms with van der Waals surface area (Å²) in [5.41, 5.74) is 0.613. The van der Waals surface area contributed by atoms with Gasteiger partial charge in [-0.25, -0.2) is 8.78 Å². The number of benzene rings is 2. The number of methoxy groups -OCH3 is 2. The molecule has 0 bridgehead atoms. The summed E-state index contributed by atoms with van der Waals surface area (Å²) in [5.74, 6) is -4.97. The van der Waals surface area contributed by atoms with Crippen LogP contribution in [0.5, 0.6) is 11.5 Å². The minimum absolute atomic E-state index is 0.0544. The minimum atomic E-state index is -1.29. The average Bonchev–Trinajstić information content (AvgIpc) is 2.86. The van der Waals surface area contributed by atoms with Crippen LogP contribution in [0.3, 0.4) is 0 Å². The molecule has 34 heavy (non-hydrogen) atoms. The maximum atomic E-state index is 14.6. The Kier molecular flexibility index (Phi) is 9.07. The van der Waals surface area contributed by atoms with E-state index in [1.54, 1.807) is 24.3 Å². The lowest BCUT2D eigenvalue weighted by atomic mass is 10.0. The molecule has 0 unspecified atom stereocenters. The molecule has 0 aliphatic rings. The Hall–Kier alpha value is -4.00. The van der Waals surface area contributed by atoms with Gasteiger partial charge in [0.2, 0.25) is 11.6 Å². The molecule has 3 nitrogen and oxygen atoms in total. The second-order valence-electron chi connectivity index (χ2n) is 7.01. The minimum Gasteiger partial charge on any atom is -0.497 e. The standard InChI is InChI=1S/C27H24F4O3/c1-16(7-8-17(2)18(3)24(28)25(29)19(4)32-5)15-34-23-14-13-22(26(30)27(23)31)20-9-11-21(33-6)12-10-20/h7-14H,1-4,15H2,5-6H3/b8-7-,25-24-. The zero-order valence-corrected chi connectivity index (χ0v) is 18.9. The van der Waals surface area contributed by atoms with Gasteiger partial charge in [0.25, 0.3) is 0 Å². The van der Waals surface area contributed by atoms with E-state index in [-0.39, 0.29) is 29.1 Å². The van der Waals surface area contributed by atoms with Crippen molar-refractivity contribution in [3.8, 4) is 22.6 Å². The highest BCUT2D eigenvalue weighted by molar-refractivity contribution is 5.66. The quantitative estimate of drug-likeness (QED) is 0.192. The molecule has 2 aromatic carbocycles. The van der Waals surface area contributed by atoms with E-state index in [4.69, 9.17) is 9.47 Å². The molecule has 0 fully saturated rings. The van der Waals surface area contributed by atoms with E-state index in [1.807, 2.05) is 0 Å². The second kappa shape index (κ2) is 11.7. The van der Waals surface area contributed by atoms with E-state index in [1.165, 1.54) is 31.4 Å². The van der Waals surface area contributed by atoms with Crippen LogP contribution in [0, 0.1) is 11.6 Å². The van der Waals surface area contributed by atoms with Gasteiger partial charge in [-0.2, -0.15) is 8.78 Å². The molecule has 0 aliphatic carbocycles. The van der Waals surface area contributed by atoms with Crippen molar-refractivity contribution in [2.45, 2.75) is 0 Å². The third kappa shape index (κ3) is 6.28. The van der Waals surface area contributed by atoms with Gasteiger partial charge in [-0.05, 0) is 41.0 Å². The first kappa shape index (κ1) is 26.3. The van der Waals surface area contributed by atoms with Gasteiger partial charge in [-0.15, -0.1) is 0 Å². The monoisotopic (exact) mass is 472 g/mol. The van der Waals surface area contributed by atoms with Crippen molar-refractivity contribution in [3.63, 3.8) is 0 Å². The molecule has 0 atom stereocenters. The predicted octanol–water partition coefficient (Wildman–Crippen LogP) is 7.55. The molecule has 0 saturated heterocycles. The Morgan fingerprint density at radius 1 is 0.853 bits per heavy atom. The molecule has 0 N–H and O–H groups in total. The first-order valence-corrected chi connectivity index (χ1v) is 9.88. The molecule has 2 aromatic rings. The van der Waals surface area contributed by atoms with Gasteiger partial charge in [0.05, 0.1) is 14.2 Å². The first-order chi connectivity index (χ1) is 16.1. The van der Waals surface area contributed by atoms with Gasteiger partial charge in [-0.3, -0.25) is 0 Å². The van der Waals surface area contributed by atoms with Crippen LogP contribution in [-0.4, -0.2) is 20.8 Å². The molecule has 0 amide bonds. The first-order valence-electron chi connectivity index (χ1n) is 9.88. The van der Waals surface area contributed by atoms with E-state index in [9.17, 15) is 17.6 Å². The smallest absolute Gasteiger partial charge is 0.201 e. The summed E-state index contributed by atoms with van der Waals surface area (Å²) in [6, 6.07) is 9.21. The van der Waals surface area contributed by atoms with Crippen molar-refractivity contribution >= 4 is 0 Å². The predicted molar refractivity (Wildman–Crippen MR) is 126 cm³/mol. The number of rotatable bonds is 11. The van der Waals surface area contributed by atoms with E-state index in [2.05, 4.69) is 31.1 Å². The Balaban J connectivity index is 2.05. The number of hydrogen-bond acceptors (Lipinski definition) is 3. The summed E-state index contributed by atoms with van der Waals surface area (Å²) in [6.07, 6.45) is 2.74. The lowest BCUT2D eigenvalue weighted by Crippen LogP contribution is -2.02. The van der Waals surface area contributed by atoms with Gasteiger partial charge in [0, 0.05) is 11.1 Å². The molecule has 0 aliphatic heterocycles. The summed E-state index contributed by atoms with van der Waals surface area (Å²) in [7, 11) is 2.66. The van der Waals surface area contributed by atoms with Crippen molar-refractivity contribution in [3.05, 3.63) is 121 Å². The summed E-state index contributed by atoms with van der Waals surface area (Å²) >= 11 is 0. The third-order valence-corrected chi connectivity index (χ3v) is 4.72. The highest BCUT2D eigenvalue weighted by Crippen LogP contribution is 2.31. The third-order valence-electron chi connectivity index (χ3n) is 4.72. The topological polar surface area (TPSA) is 27.7 Å². The van der Waals surface area contributed by atoms with Crippen molar-refractivity contribution in [1.29, 1.82) is 0 Å². The SMILES string of the molecule is C=C(/C=C\C(=C)C(=C)/C(F)=C(/F)C(=C)OC)COc1ccc(-c2ccc(OC)cc2)c(F)c1F. The highest BCUT2D eigenvalue weighted by atomic mass is 19.2. The molecule has 0 aromatic heterocycles. The second-order valence-corrected chi connectivity index (χ2v) is 7.01. The maximum Gasteiger partial charge on any atom is 0.201 e. The van der Waals surface area contributed by atoms with Crippen LogP contribution in [0.4, 0.5) is 17.6 Å². The Bertz CT molecular complexity index is 1180. The molecule has 0 radical (unpaired) electrons. The maximum absolute atomic E-state index is 14.6. The molecule has 7 heteroatoms. The van der Waals surface area contributed by atoms with Crippen molar-refractivity contribution < 1.29 is 31.8 Å². The molecule has 2 rings (SSSR count). The number of halogens is 4. The van der Waals surface area contributed by atoms with Crippen molar-refractivity contribution in [1.82, 2.24) is 0 Å². The summed E-state index contributed by atoms with van der Waals surface area (Å²) in [5, 5.41) is 0. The molecule has 178 valence electrons. The Morgan fingerprint density at radius 3 is 2.09 bits per heavy atom. The van der Waals surface area contributed by atoms with E-state index < -0.39 is 29.0 Å². The zero-order chi connectivity index (χ0) is 25.4. The largest absolute Gasteiger partial charge is 0.497 e. The normalized spacial score (nSPS) is 11.6. The fourth-order valence-corrected chi connectivity index (χ4v) is 2.66. The van der Waals surface area contributed by atoms with Crippen molar-refractivity contribution in [2.24, 2.45) is 0 Å². The fourth-order valence-electron chi connectivity index (χ4n) is 2.66. The van der Waals surface area contributed by atoms with Crippen LogP contribution < -0.4 is 9.47 Å². The van der Waals surface area contributed by atoms with Crippen LogP contribution in [0.2, 0.25) is 0 Å². The van der Waals surface area contributed by atoms with Gasteiger partial charge in [-0.1, -0.05) is 50.6 Å². The van der Waals surface area contributed by atoms with Gasteiger partial charge < -0.3 is 14.2 Å². The number of ether oxygens (including phenoxy) is 3. The molecular formula is C27H24F4O3. The van der Waals surface area contributed by atoms with Crippen LogP contribution >= 0.6 is 0 Å². The Morgan fingerprint density at radius 2 is 1.50 bits per heavy atom. The zero-order valence-electron chi connectivity index (χ0n) is 18.9. The molecule has 0 heterocycles. The lowest BCUT2D eigenvalue weighted by Gasteiger charge is -2.11. The van der Waals surface area contributed by atoms with Crippen LogP contribution in [0.1, 0.15) is 0 Å².